The summed E-state index contributed by atoms with van der Waals surface area (Å²) in [7, 11) is -3.69. The zero-order valence-corrected chi connectivity index (χ0v) is 26.1. The zero-order valence-electron chi connectivity index (χ0n) is 25.3. The van der Waals surface area contributed by atoms with Crippen molar-refractivity contribution in [3.63, 3.8) is 0 Å². The maximum absolute atomic E-state index is 14.0. The first-order valence-corrected chi connectivity index (χ1v) is 17.3. The van der Waals surface area contributed by atoms with Gasteiger partial charge in [-0.3, -0.25) is 4.79 Å². The molecule has 3 aromatic carbocycles. The molecule has 2 unspecified atom stereocenters. The van der Waals surface area contributed by atoms with Gasteiger partial charge in [-0.15, -0.1) is 0 Å². The van der Waals surface area contributed by atoms with Crippen LogP contribution in [-0.4, -0.2) is 45.0 Å². The highest BCUT2D eigenvalue weighted by Gasteiger charge is 2.35. The Morgan fingerprint density at radius 1 is 0.956 bits per heavy atom. The summed E-state index contributed by atoms with van der Waals surface area (Å²) in [6.45, 7) is 2.01. The molecule has 1 aromatic heterocycles. The van der Waals surface area contributed by atoms with Crippen LogP contribution in [0, 0.1) is 11.8 Å². The second kappa shape index (κ2) is 13.0. The molecule has 2 heterocycles. The van der Waals surface area contributed by atoms with Crippen molar-refractivity contribution in [2.75, 3.05) is 41.3 Å². The predicted molar refractivity (Wildman–Crippen MR) is 182 cm³/mol. The maximum Gasteiger partial charge on any atom is 0.248 e. The van der Waals surface area contributed by atoms with E-state index in [2.05, 4.69) is 20.5 Å². The van der Waals surface area contributed by atoms with Gasteiger partial charge in [0.2, 0.25) is 15.9 Å². The number of pyridine rings is 1. The van der Waals surface area contributed by atoms with Gasteiger partial charge < -0.3 is 27.0 Å². The van der Waals surface area contributed by atoms with Gasteiger partial charge in [-0.1, -0.05) is 68.5 Å². The quantitative estimate of drug-likeness (QED) is 0.187. The van der Waals surface area contributed by atoms with Crippen LogP contribution in [0.2, 0.25) is 0 Å². The summed E-state index contributed by atoms with van der Waals surface area (Å²) in [5.74, 6) is 0.994. The number of sulfonamides is 1. The zero-order chi connectivity index (χ0) is 31.6. The molecule has 11 heteroatoms. The van der Waals surface area contributed by atoms with Crippen molar-refractivity contribution in [1.29, 1.82) is 0 Å². The summed E-state index contributed by atoms with van der Waals surface area (Å²) in [5.41, 5.74) is 17.2. The van der Waals surface area contributed by atoms with Crippen LogP contribution in [0.15, 0.2) is 72.9 Å². The number of amides is 1. The van der Waals surface area contributed by atoms with E-state index in [1.54, 1.807) is 18.3 Å². The molecular formula is C34H41N7O3S. The van der Waals surface area contributed by atoms with Gasteiger partial charge in [0, 0.05) is 36.9 Å². The fourth-order valence-electron chi connectivity index (χ4n) is 6.98. The van der Waals surface area contributed by atoms with Crippen LogP contribution in [-0.2, 0) is 20.6 Å². The monoisotopic (exact) mass is 627 g/mol. The number of benzene rings is 3. The predicted octanol–water partition coefficient (Wildman–Crippen LogP) is 4.47. The summed E-state index contributed by atoms with van der Waals surface area (Å²) in [4.78, 5) is 20.5. The largest absolute Gasteiger partial charge is 0.397 e. The molecule has 1 amide bonds. The molecule has 1 aliphatic heterocycles. The van der Waals surface area contributed by atoms with Crippen LogP contribution in [0.5, 0.6) is 0 Å². The number of anilines is 4. The lowest BCUT2D eigenvalue weighted by molar-refractivity contribution is -0.117. The molecule has 45 heavy (non-hydrogen) atoms. The number of carbonyl (C=O) groups is 1. The molecule has 1 aliphatic carbocycles. The van der Waals surface area contributed by atoms with E-state index in [-0.39, 0.29) is 11.7 Å². The number of aromatic nitrogens is 1. The first-order valence-electron chi connectivity index (χ1n) is 15.6. The molecule has 4 aromatic rings. The van der Waals surface area contributed by atoms with E-state index in [0.717, 1.165) is 34.1 Å². The Morgan fingerprint density at radius 3 is 2.47 bits per heavy atom. The number of hydrogen-bond donors (Lipinski definition) is 5. The van der Waals surface area contributed by atoms with E-state index >= 15 is 0 Å². The van der Waals surface area contributed by atoms with Crippen molar-refractivity contribution in [2.24, 2.45) is 17.0 Å². The van der Waals surface area contributed by atoms with Crippen LogP contribution in [0.1, 0.15) is 37.7 Å². The summed E-state index contributed by atoms with van der Waals surface area (Å²) < 4.78 is 23.6. The number of carbonyl (C=O) groups excluding carboxylic acids is 1. The van der Waals surface area contributed by atoms with Crippen molar-refractivity contribution >= 4 is 49.6 Å². The fourth-order valence-corrected chi connectivity index (χ4v) is 7.67. The minimum Gasteiger partial charge on any atom is -0.397 e. The molecule has 2 atom stereocenters. The van der Waals surface area contributed by atoms with Crippen LogP contribution >= 0.6 is 0 Å². The van der Waals surface area contributed by atoms with E-state index in [4.69, 9.17) is 16.6 Å². The van der Waals surface area contributed by atoms with Gasteiger partial charge in [-0.05, 0) is 64.2 Å². The first-order chi connectivity index (χ1) is 21.7. The lowest BCUT2D eigenvalue weighted by Gasteiger charge is -2.36. The highest BCUT2D eigenvalue weighted by atomic mass is 32.2. The number of rotatable bonds is 7. The SMILES string of the molecule is Nc1cc2ccnc(N)c2cc1N1CC(C2CCCCC2)CNCC1C(=O)Nc1ccc(-c2ccccc2CS(N)(=O)=O)cc1. The third kappa shape index (κ3) is 7.06. The smallest absolute Gasteiger partial charge is 0.248 e. The van der Waals surface area contributed by atoms with E-state index < -0.39 is 16.1 Å². The van der Waals surface area contributed by atoms with Crippen LogP contribution < -0.4 is 32.1 Å². The highest BCUT2D eigenvalue weighted by Crippen LogP contribution is 2.37. The Morgan fingerprint density at radius 2 is 1.71 bits per heavy atom. The number of primary sulfonamides is 1. The molecular weight excluding hydrogens is 586 g/mol. The van der Waals surface area contributed by atoms with Crippen LogP contribution in [0.3, 0.4) is 0 Å². The fraction of sp³-hybridized carbons (Fsp3) is 0.353. The molecule has 2 aliphatic rings. The molecule has 1 saturated carbocycles. The summed E-state index contributed by atoms with van der Waals surface area (Å²) >= 11 is 0. The minimum atomic E-state index is -3.69. The second-order valence-corrected chi connectivity index (χ2v) is 14.0. The average Bonchev–Trinajstić information content (AvgIpc) is 3.25. The topological polar surface area (TPSA) is 169 Å². The molecule has 0 spiro atoms. The first kappa shape index (κ1) is 30.8. The van der Waals surface area contributed by atoms with Crippen molar-refractivity contribution in [3.05, 3.63) is 78.5 Å². The summed E-state index contributed by atoms with van der Waals surface area (Å²) in [6.07, 6.45) is 7.85. The number of fused-ring (bicyclic) bond motifs is 1. The van der Waals surface area contributed by atoms with Crippen LogP contribution in [0.4, 0.5) is 22.9 Å². The van der Waals surface area contributed by atoms with Crippen molar-refractivity contribution in [3.8, 4) is 11.1 Å². The minimum absolute atomic E-state index is 0.146. The third-order valence-corrected chi connectivity index (χ3v) is 9.97. The lowest BCUT2D eigenvalue weighted by atomic mass is 9.79. The molecule has 0 bridgehead atoms. The number of nitrogens with two attached hydrogens (primary N) is 3. The Hall–Kier alpha value is -4.19. The average molecular weight is 628 g/mol. The number of nitrogen functional groups attached to an aromatic ring is 2. The van der Waals surface area contributed by atoms with Gasteiger partial charge in [-0.25, -0.2) is 18.5 Å². The van der Waals surface area contributed by atoms with Crippen molar-refractivity contribution in [1.82, 2.24) is 10.3 Å². The molecule has 0 radical (unpaired) electrons. The third-order valence-electron chi connectivity index (χ3n) is 9.26. The molecule has 236 valence electrons. The Bertz CT molecular complexity index is 1790. The van der Waals surface area contributed by atoms with E-state index in [9.17, 15) is 13.2 Å². The Balaban J connectivity index is 1.29. The number of hydrogen-bond acceptors (Lipinski definition) is 8. The second-order valence-electron chi connectivity index (χ2n) is 12.3. The molecule has 10 nitrogen and oxygen atoms in total. The van der Waals surface area contributed by atoms with Gasteiger partial charge in [0.05, 0.1) is 17.1 Å². The summed E-state index contributed by atoms with van der Waals surface area (Å²) in [6, 6.07) is 19.9. The van der Waals surface area contributed by atoms with Gasteiger partial charge in [0.1, 0.15) is 11.9 Å². The van der Waals surface area contributed by atoms with E-state index in [1.165, 1.54) is 32.1 Å². The number of nitrogens with one attached hydrogen (secondary N) is 2. The van der Waals surface area contributed by atoms with Crippen LogP contribution in [0.25, 0.3) is 21.9 Å². The summed E-state index contributed by atoms with van der Waals surface area (Å²) in [5, 5.41) is 13.8. The van der Waals surface area contributed by atoms with Gasteiger partial charge in [0.15, 0.2) is 0 Å². The van der Waals surface area contributed by atoms with E-state index in [0.29, 0.717) is 47.7 Å². The molecule has 2 fully saturated rings. The lowest BCUT2D eigenvalue weighted by Crippen LogP contribution is -2.49. The number of nitrogens with zero attached hydrogens (tertiary/aromatic N) is 2. The maximum atomic E-state index is 14.0. The molecule has 1 saturated heterocycles. The van der Waals surface area contributed by atoms with Gasteiger partial charge in [-0.2, -0.15) is 0 Å². The van der Waals surface area contributed by atoms with E-state index in [1.807, 2.05) is 54.6 Å². The molecule has 8 N–H and O–H groups in total. The van der Waals surface area contributed by atoms with Gasteiger partial charge in [0.25, 0.3) is 0 Å². The Kier molecular flexibility index (Phi) is 8.93. The highest BCUT2D eigenvalue weighted by molar-refractivity contribution is 7.88. The normalized spacial score (nSPS) is 19.7. The molecule has 6 rings (SSSR count). The van der Waals surface area contributed by atoms with Crippen molar-refractivity contribution < 1.29 is 13.2 Å². The standard InChI is InChI=1S/C34H41N7O3S/c35-30-16-24-14-15-39-33(36)29(24)17-31(30)41-20-26(22-6-2-1-3-7-22)18-38-19-32(41)34(42)40-27-12-10-23(11-13-27)28-9-5-4-8-25(28)21-45(37,43)44/h4-5,8-17,22,26,32,38H,1-3,6-7,18-21,35H2,(H2,36,39)(H,40,42)(H2,37,43,44). The van der Waals surface area contributed by atoms with Crippen molar-refractivity contribution in [2.45, 2.75) is 43.9 Å². The van der Waals surface area contributed by atoms with Gasteiger partial charge >= 0.3 is 0 Å². The Labute approximate surface area is 264 Å².